The van der Waals surface area contributed by atoms with Crippen LogP contribution in [0.25, 0.3) is 10.8 Å². The molecule has 0 spiro atoms. The molecular formula is C21H25NO. The number of hydrogen-bond donors (Lipinski definition) is 1. The highest BCUT2D eigenvalue weighted by Crippen LogP contribution is 2.16. The van der Waals surface area contributed by atoms with Crippen LogP contribution in [0.5, 0.6) is 0 Å². The van der Waals surface area contributed by atoms with Crippen LogP contribution in [0, 0.1) is 5.41 Å². The van der Waals surface area contributed by atoms with Crippen molar-refractivity contribution in [2.24, 2.45) is 5.41 Å². The summed E-state index contributed by atoms with van der Waals surface area (Å²) >= 11 is 0. The first-order valence-corrected chi connectivity index (χ1v) is 8.03. The lowest BCUT2D eigenvalue weighted by Gasteiger charge is -2.17. The molecule has 0 radical (unpaired) electrons. The van der Waals surface area contributed by atoms with E-state index in [1.54, 1.807) is 12.2 Å². The average molecular weight is 307 g/mol. The third kappa shape index (κ3) is 6.11. The van der Waals surface area contributed by atoms with Crippen LogP contribution in [0.3, 0.4) is 0 Å². The van der Waals surface area contributed by atoms with Gasteiger partial charge in [-0.25, -0.2) is 0 Å². The third-order valence-corrected chi connectivity index (χ3v) is 3.46. The van der Waals surface area contributed by atoms with Gasteiger partial charge in [0.1, 0.15) is 0 Å². The molecule has 0 saturated carbocycles. The summed E-state index contributed by atoms with van der Waals surface area (Å²) in [5.74, 6) is -0.0460. The highest BCUT2D eigenvalue weighted by molar-refractivity contribution is 5.87. The van der Waals surface area contributed by atoms with Gasteiger partial charge < -0.3 is 5.32 Å². The molecular weight excluding hydrogens is 282 g/mol. The minimum atomic E-state index is -0.0460. The monoisotopic (exact) mass is 307 g/mol. The Morgan fingerprint density at radius 1 is 1.04 bits per heavy atom. The summed E-state index contributed by atoms with van der Waals surface area (Å²) < 4.78 is 0. The zero-order valence-corrected chi connectivity index (χ0v) is 14.2. The zero-order valence-electron chi connectivity index (χ0n) is 14.2. The normalized spacial score (nSPS) is 12.3. The lowest BCUT2D eigenvalue weighted by molar-refractivity contribution is -0.116. The molecule has 0 saturated heterocycles. The summed E-state index contributed by atoms with van der Waals surface area (Å²) in [6, 6.07) is 14.9. The van der Waals surface area contributed by atoms with Crippen LogP contribution in [0.4, 0.5) is 0 Å². The molecule has 2 rings (SSSR count). The number of allylic oxidation sites excluding steroid dienone is 3. The molecule has 0 fully saturated rings. The molecule has 0 bridgehead atoms. The summed E-state index contributed by atoms with van der Waals surface area (Å²) in [5.41, 5.74) is 1.38. The minimum absolute atomic E-state index is 0.0460. The molecule has 2 nitrogen and oxygen atoms in total. The lowest BCUT2D eigenvalue weighted by atomic mass is 9.97. The van der Waals surface area contributed by atoms with Gasteiger partial charge >= 0.3 is 0 Å². The van der Waals surface area contributed by atoms with Crippen LogP contribution in [0.2, 0.25) is 0 Å². The van der Waals surface area contributed by atoms with Crippen LogP contribution in [0.15, 0.2) is 66.8 Å². The second-order valence-corrected chi connectivity index (χ2v) is 6.95. The van der Waals surface area contributed by atoms with Crippen molar-refractivity contribution < 1.29 is 4.79 Å². The molecule has 0 aliphatic heterocycles. The van der Waals surface area contributed by atoms with E-state index >= 15 is 0 Å². The highest BCUT2D eigenvalue weighted by Gasteiger charge is 2.09. The largest absolute Gasteiger partial charge is 0.352 e. The van der Waals surface area contributed by atoms with E-state index in [2.05, 4.69) is 74.6 Å². The first kappa shape index (κ1) is 17.0. The third-order valence-electron chi connectivity index (χ3n) is 3.46. The summed E-state index contributed by atoms with van der Waals surface area (Å²) in [5, 5.41) is 5.41. The van der Waals surface area contributed by atoms with Crippen molar-refractivity contribution in [3.8, 4) is 0 Å². The van der Waals surface area contributed by atoms with Gasteiger partial charge in [0.15, 0.2) is 0 Å². The van der Waals surface area contributed by atoms with Crippen LogP contribution < -0.4 is 5.32 Å². The Bertz CT molecular complexity index is 720. The number of rotatable bonds is 5. The Labute approximate surface area is 138 Å². The van der Waals surface area contributed by atoms with Gasteiger partial charge in [-0.3, -0.25) is 4.79 Å². The van der Waals surface area contributed by atoms with E-state index in [0.717, 1.165) is 6.42 Å². The summed E-state index contributed by atoms with van der Waals surface area (Å²) in [6.07, 6.45) is 8.21. The molecule has 0 heterocycles. The van der Waals surface area contributed by atoms with Gasteiger partial charge in [-0.05, 0) is 28.2 Å². The fourth-order valence-electron chi connectivity index (χ4n) is 2.20. The van der Waals surface area contributed by atoms with E-state index in [4.69, 9.17) is 0 Å². The quantitative estimate of drug-likeness (QED) is 0.632. The predicted molar refractivity (Wildman–Crippen MR) is 98.4 cm³/mol. The Balaban J connectivity index is 1.83. The molecule has 0 atom stereocenters. The van der Waals surface area contributed by atoms with Gasteiger partial charge in [-0.1, -0.05) is 81.5 Å². The topological polar surface area (TPSA) is 29.1 Å². The first-order chi connectivity index (χ1) is 10.9. The standard InChI is InChI=1S/C21H25NO/c1-21(2,3)16-22-20(23)12-6-4-5-9-17-13-14-18-10-7-8-11-19(18)15-17/h4-8,10-15H,9,16H2,1-3H3,(H,22,23)/b5-4+,12-6+. The second kappa shape index (κ2) is 7.77. The van der Waals surface area contributed by atoms with E-state index < -0.39 is 0 Å². The van der Waals surface area contributed by atoms with Gasteiger partial charge in [0.2, 0.25) is 5.91 Å². The maximum Gasteiger partial charge on any atom is 0.243 e. The number of hydrogen-bond acceptors (Lipinski definition) is 1. The van der Waals surface area contributed by atoms with Gasteiger partial charge in [0, 0.05) is 12.6 Å². The fourth-order valence-corrected chi connectivity index (χ4v) is 2.20. The molecule has 0 unspecified atom stereocenters. The molecule has 23 heavy (non-hydrogen) atoms. The fraction of sp³-hybridized carbons (Fsp3) is 0.286. The van der Waals surface area contributed by atoms with Crippen LogP contribution >= 0.6 is 0 Å². The Hall–Kier alpha value is -2.35. The van der Waals surface area contributed by atoms with Gasteiger partial charge in [-0.15, -0.1) is 0 Å². The number of carbonyl (C=O) groups excluding carboxylic acids is 1. The van der Waals surface area contributed by atoms with Crippen molar-refractivity contribution in [1.82, 2.24) is 5.32 Å². The number of nitrogens with one attached hydrogen (secondary N) is 1. The van der Waals surface area contributed by atoms with Gasteiger partial charge in [0.05, 0.1) is 0 Å². The maximum atomic E-state index is 11.6. The molecule has 2 heteroatoms. The van der Waals surface area contributed by atoms with E-state index in [-0.39, 0.29) is 11.3 Å². The highest BCUT2D eigenvalue weighted by atomic mass is 16.1. The Morgan fingerprint density at radius 3 is 2.52 bits per heavy atom. The number of benzene rings is 2. The predicted octanol–water partition coefficient (Wildman–Crippen LogP) is 4.66. The van der Waals surface area contributed by atoms with Gasteiger partial charge in [0.25, 0.3) is 0 Å². The van der Waals surface area contributed by atoms with E-state index in [0.29, 0.717) is 6.54 Å². The Morgan fingerprint density at radius 2 is 1.78 bits per heavy atom. The van der Waals surface area contributed by atoms with E-state index in [1.807, 2.05) is 6.08 Å². The SMILES string of the molecule is CC(C)(C)CNC(=O)/C=C/C=C/Cc1ccc2ccccc2c1. The lowest BCUT2D eigenvalue weighted by Crippen LogP contribution is -2.30. The first-order valence-electron chi connectivity index (χ1n) is 8.03. The van der Waals surface area contributed by atoms with Crippen molar-refractivity contribution in [1.29, 1.82) is 0 Å². The summed E-state index contributed by atoms with van der Waals surface area (Å²) in [6.45, 7) is 6.97. The number of amides is 1. The van der Waals surface area contributed by atoms with Crippen molar-refractivity contribution >= 4 is 16.7 Å². The molecule has 2 aromatic rings. The van der Waals surface area contributed by atoms with Crippen molar-refractivity contribution in [2.45, 2.75) is 27.2 Å². The Kier molecular flexibility index (Phi) is 5.75. The molecule has 0 aliphatic rings. The van der Waals surface area contributed by atoms with E-state index in [1.165, 1.54) is 16.3 Å². The van der Waals surface area contributed by atoms with Crippen LogP contribution in [-0.2, 0) is 11.2 Å². The molecule has 120 valence electrons. The molecule has 1 amide bonds. The van der Waals surface area contributed by atoms with Crippen molar-refractivity contribution in [3.05, 3.63) is 72.3 Å². The molecule has 2 aromatic carbocycles. The minimum Gasteiger partial charge on any atom is -0.352 e. The van der Waals surface area contributed by atoms with Crippen molar-refractivity contribution in [3.63, 3.8) is 0 Å². The number of fused-ring (bicyclic) bond motifs is 1. The molecule has 1 N–H and O–H groups in total. The average Bonchev–Trinajstić information content (AvgIpc) is 2.52. The van der Waals surface area contributed by atoms with Crippen LogP contribution in [0.1, 0.15) is 26.3 Å². The summed E-state index contributed by atoms with van der Waals surface area (Å²) in [7, 11) is 0. The molecule has 0 aliphatic carbocycles. The van der Waals surface area contributed by atoms with Crippen molar-refractivity contribution in [2.75, 3.05) is 6.54 Å². The number of carbonyl (C=O) groups is 1. The summed E-state index contributed by atoms with van der Waals surface area (Å²) in [4.78, 5) is 11.6. The second-order valence-electron chi connectivity index (χ2n) is 6.95. The zero-order chi connectivity index (χ0) is 16.7. The van der Waals surface area contributed by atoms with Crippen LogP contribution in [-0.4, -0.2) is 12.5 Å². The van der Waals surface area contributed by atoms with E-state index in [9.17, 15) is 4.79 Å². The van der Waals surface area contributed by atoms with Gasteiger partial charge in [-0.2, -0.15) is 0 Å². The molecule has 0 aromatic heterocycles. The smallest absolute Gasteiger partial charge is 0.243 e. The maximum absolute atomic E-state index is 11.6.